The predicted octanol–water partition coefficient (Wildman–Crippen LogP) is 5.83. The van der Waals surface area contributed by atoms with E-state index in [0.717, 1.165) is 26.4 Å². The zero-order valence-corrected chi connectivity index (χ0v) is 17.3. The van der Waals surface area contributed by atoms with Crippen molar-refractivity contribution in [1.82, 2.24) is 4.98 Å². The third-order valence-corrected chi connectivity index (χ3v) is 6.67. The van der Waals surface area contributed by atoms with Gasteiger partial charge in [0.25, 0.3) is 0 Å². The Morgan fingerprint density at radius 1 is 1.07 bits per heavy atom. The number of benzene rings is 2. The zero-order chi connectivity index (χ0) is 19.5. The number of carbonyl (C=O) groups is 1. The fourth-order valence-corrected chi connectivity index (χ4v) is 4.85. The molecule has 0 saturated heterocycles. The molecule has 0 N–H and O–H groups in total. The van der Waals surface area contributed by atoms with Crippen molar-refractivity contribution in [2.45, 2.75) is 25.3 Å². The molecule has 6 heteroatoms. The lowest BCUT2D eigenvalue weighted by Crippen LogP contribution is -2.31. The van der Waals surface area contributed by atoms with Crippen molar-refractivity contribution in [2.75, 3.05) is 10.7 Å². The van der Waals surface area contributed by atoms with Gasteiger partial charge in [-0.3, -0.25) is 9.69 Å². The van der Waals surface area contributed by atoms with Gasteiger partial charge in [0.15, 0.2) is 5.13 Å². The van der Waals surface area contributed by atoms with E-state index in [1.807, 2.05) is 42.5 Å². The van der Waals surface area contributed by atoms with Gasteiger partial charge in [-0.15, -0.1) is 11.8 Å². The lowest BCUT2D eigenvalue weighted by Gasteiger charge is -2.18. The quantitative estimate of drug-likeness (QED) is 0.377. The summed E-state index contributed by atoms with van der Waals surface area (Å²) in [6, 6.07) is 17.9. The Bertz CT molecular complexity index is 1050. The first kappa shape index (κ1) is 18.8. The minimum absolute atomic E-state index is 0.0135. The second-order valence-electron chi connectivity index (χ2n) is 6.53. The van der Waals surface area contributed by atoms with Gasteiger partial charge in [-0.25, -0.2) is 4.98 Å². The highest BCUT2D eigenvalue weighted by molar-refractivity contribution is 8.00. The molecule has 0 aliphatic carbocycles. The maximum absolute atomic E-state index is 13.1. The summed E-state index contributed by atoms with van der Waals surface area (Å²) in [6.07, 6.45) is 1.63. The number of hydrogen-bond acceptors (Lipinski definition) is 5. The summed E-state index contributed by atoms with van der Waals surface area (Å²) in [6.45, 7) is 4.50. The summed E-state index contributed by atoms with van der Waals surface area (Å²) in [4.78, 5) is 20.7. The average Bonchev–Trinajstić information content (AvgIpc) is 3.38. The number of thiazole rings is 1. The topological polar surface area (TPSA) is 46.3 Å². The SMILES string of the molecule is Cc1ccc(C)c2sc(N(Cc3ccco3)C(=O)CSc3ccccc3)nc12. The molecule has 0 spiro atoms. The van der Waals surface area contributed by atoms with Crippen LogP contribution < -0.4 is 4.90 Å². The monoisotopic (exact) mass is 408 g/mol. The third-order valence-electron chi connectivity index (χ3n) is 4.46. The second kappa shape index (κ2) is 8.20. The number of aromatic nitrogens is 1. The van der Waals surface area contributed by atoms with Crippen LogP contribution >= 0.6 is 23.1 Å². The first-order valence-corrected chi connectivity index (χ1v) is 10.8. The number of fused-ring (bicyclic) bond motifs is 1. The summed E-state index contributed by atoms with van der Waals surface area (Å²) >= 11 is 3.09. The number of furan rings is 1. The molecule has 0 aliphatic rings. The summed E-state index contributed by atoms with van der Waals surface area (Å²) in [5.41, 5.74) is 3.26. The molecule has 142 valence electrons. The van der Waals surface area contributed by atoms with E-state index in [2.05, 4.69) is 26.0 Å². The molecule has 0 bridgehead atoms. The molecular formula is C22H20N2O2S2. The van der Waals surface area contributed by atoms with Crippen LogP contribution in [0.1, 0.15) is 16.9 Å². The molecule has 0 fully saturated rings. The van der Waals surface area contributed by atoms with Crippen LogP contribution in [-0.4, -0.2) is 16.6 Å². The third kappa shape index (κ3) is 3.98. The second-order valence-corrected chi connectivity index (χ2v) is 8.56. The van der Waals surface area contributed by atoms with Crippen LogP contribution in [0.25, 0.3) is 10.2 Å². The van der Waals surface area contributed by atoms with Crippen molar-refractivity contribution in [1.29, 1.82) is 0 Å². The molecule has 2 aromatic heterocycles. The van der Waals surface area contributed by atoms with Crippen molar-refractivity contribution in [3.05, 3.63) is 77.7 Å². The highest BCUT2D eigenvalue weighted by Gasteiger charge is 2.22. The van der Waals surface area contributed by atoms with E-state index in [-0.39, 0.29) is 5.91 Å². The van der Waals surface area contributed by atoms with E-state index in [4.69, 9.17) is 9.40 Å². The van der Waals surface area contributed by atoms with Crippen LogP contribution in [0.2, 0.25) is 0 Å². The van der Waals surface area contributed by atoms with Crippen molar-refractivity contribution in [3.63, 3.8) is 0 Å². The van der Waals surface area contributed by atoms with E-state index >= 15 is 0 Å². The molecule has 2 heterocycles. The first-order valence-electron chi connectivity index (χ1n) is 8.99. The first-order chi connectivity index (χ1) is 13.6. The Balaban J connectivity index is 1.64. The number of amides is 1. The minimum atomic E-state index is 0.0135. The fraction of sp³-hybridized carbons (Fsp3) is 0.182. The zero-order valence-electron chi connectivity index (χ0n) is 15.7. The smallest absolute Gasteiger partial charge is 0.239 e. The maximum atomic E-state index is 13.1. The van der Waals surface area contributed by atoms with E-state index in [1.54, 1.807) is 22.5 Å². The van der Waals surface area contributed by atoms with Gasteiger partial charge in [-0.05, 0) is 49.2 Å². The van der Waals surface area contributed by atoms with Crippen LogP contribution in [-0.2, 0) is 11.3 Å². The van der Waals surface area contributed by atoms with Gasteiger partial charge in [-0.1, -0.05) is 41.7 Å². The normalized spacial score (nSPS) is 11.1. The number of hydrogen-bond donors (Lipinski definition) is 0. The lowest BCUT2D eigenvalue weighted by molar-refractivity contribution is -0.116. The van der Waals surface area contributed by atoms with Crippen LogP contribution in [0.5, 0.6) is 0 Å². The average molecular weight is 409 g/mol. The van der Waals surface area contributed by atoms with E-state index in [9.17, 15) is 4.79 Å². The Morgan fingerprint density at radius 2 is 1.86 bits per heavy atom. The highest BCUT2D eigenvalue weighted by atomic mass is 32.2. The standard InChI is InChI=1S/C22H20N2O2S2/c1-15-10-11-16(2)21-20(15)23-22(28-21)24(13-17-7-6-12-26-17)19(25)14-27-18-8-4-3-5-9-18/h3-12H,13-14H2,1-2H3. The molecule has 0 atom stereocenters. The summed E-state index contributed by atoms with van der Waals surface area (Å²) in [5.74, 6) is 1.10. The van der Waals surface area contributed by atoms with Gasteiger partial charge >= 0.3 is 0 Å². The van der Waals surface area contributed by atoms with Gasteiger partial charge < -0.3 is 4.42 Å². The van der Waals surface area contributed by atoms with Gasteiger partial charge in [0, 0.05) is 4.90 Å². The highest BCUT2D eigenvalue weighted by Crippen LogP contribution is 2.34. The number of aryl methyl sites for hydroxylation is 2. The molecular weight excluding hydrogens is 388 g/mol. The van der Waals surface area contributed by atoms with Crippen LogP contribution in [0, 0.1) is 13.8 Å². The summed E-state index contributed by atoms with van der Waals surface area (Å²) in [7, 11) is 0. The molecule has 4 aromatic rings. The number of rotatable bonds is 6. The molecule has 0 saturated carbocycles. The molecule has 2 aromatic carbocycles. The molecule has 4 nitrogen and oxygen atoms in total. The van der Waals surface area contributed by atoms with Crippen LogP contribution in [0.15, 0.2) is 70.2 Å². The number of anilines is 1. The number of carbonyl (C=O) groups excluding carboxylic acids is 1. The van der Waals surface area contributed by atoms with E-state index in [0.29, 0.717) is 17.4 Å². The molecule has 0 unspecified atom stereocenters. The predicted molar refractivity (Wildman–Crippen MR) is 116 cm³/mol. The largest absolute Gasteiger partial charge is 0.467 e. The van der Waals surface area contributed by atoms with Gasteiger partial charge in [-0.2, -0.15) is 0 Å². The number of nitrogens with zero attached hydrogens (tertiary/aromatic N) is 2. The van der Waals surface area contributed by atoms with E-state index in [1.165, 1.54) is 17.3 Å². The molecule has 0 radical (unpaired) electrons. The van der Waals surface area contributed by atoms with Crippen LogP contribution in [0.4, 0.5) is 5.13 Å². The lowest BCUT2D eigenvalue weighted by atomic mass is 10.1. The Morgan fingerprint density at radius 3 is 2.57 bits per heavy atom. The summed E-state index contributed by atoms with van der Waals surface area (Å²) < 4.78 is 6.62. The molecule has 0 aliphatic heterocycles. The van der Waals surface area contributed by atoms with Gasteiger partial charge in [0.1, 0.15) is 5.76 Å². The maximum Gasteiger partial charge on any atom is 0.239 e. The Labute approximate surface area is 172 Å². The summed E-state index contributed by atoms with van der Waals surface area (Å²) in [5, 5.41) is 0.711. The minimum Gasteiger partial charge on any atom is -0.467 e. The fourth-order valence-electron chi connectivity index (χ4n) is 2.92. The van der Waals surface area contributed by atoms with Crippen molar-refractivity contribution in [2.24, 2.45) is 0 Å². The number of thioether (sulfide) groups is 1. The molecule has 4 rings (SSSR count). The Kier molecular flexibility index (Phi) is 5.50. The van der Waals surface area contributed by atoms with Gasteiger partial charge in [0.05, 0.1) is 28.8 Å². The Hall–Kier alpha value is -2.57. The van der Waals surface area contributed by atoms with E-state index < -0.39 is 0 Å². The van der Waals surface area contributed by atoms with Crippen molar-refractivity contribution < 1.29 is 9.21 Å². The van der Waals surface area contributed by atoms with Gasteiger partial charge in [0.2, 0.25) is 5.91 Å². The van der Waals surface area contributed by atoms with Crippen molar-refractivity contribution in [3.8, 4) is 0 Å². The molecule has 1 amide bonds. The van der Waals surface area contributed by atoms with Crippen molar-refractivity contribution >= 4 is 44.4 Å². The van der Waals surface area contributed by atoms with Crippen LogP contribution in [0.3, 0.4) is 0 Å². The molecule has 28 heavy (non-hydrogen) atoms.